The molecule has 2 rings (SSSR count). The van der Waals surface area contributed by atoms with Crippen molar-refractivity contribution >= 4 is 40.4 Å². The fourth-order valence-electron chi connectivity index (χ4n) is 2.10. The van der Waals surface area contributed by atoms with Crippen LogP contribution < -0.4 is 10.6 Å². The van der Waals surface area contributed by atoms with Crippen LogP contribution >= 0.6 is 22.9 Å². The molecule has 1 heterocycles. The Hall–Kier alpha value is -1.89. The van der Waals surface area contributed by atoms with Gasteiger partial charge in [-0.3, -0.25) is 9.59 Å². The first-order valence-electron chi connectivity index (χ1n) is 7.35. The Bertz CT molecular complexity index is 745. The molecule has 0 radical (unpaired) electrons. The number of thiophene rings is 1. The van der Waals surface area contributed by atoms with Crippen LogP contribution in [0, 0.1) is 13.8 Å². The lowest BCUT2D eigenvalue weighted by molar-refractivity contribution is -0.136. The number of anilines is 1. The third-order valence-electron chi connectivity index (χ3n) is 3.47. The smallest absolute Gasteiger partial charge is 0.313 e. The van der Waals surface area contributed by atoms with Crippen LogP contribution in [0.15, 0.2) is 30.3 Å². The molecule has 1 unspecified atom stereocenters. The van der Waals surface area contributed by atoms with Gasteiger partial charge in [0.25, 0.3) is 0 Å². The van der Waals surface area contributed by atoms with Gasteiger partial charge in [-0.05, 0) is 43.7 Å². The van der Waals surface area contributed by atoms with Crippen LogP contribution in [0.3, 0.4) is 0 Å². The minimum Gasteiger partial charge on any atom is -0.374 e. The highest BCUT2D eigenvalue weighted by atomic mass is 35.5. The summed E-state index contributed by atoms with van der Waals surface area (Å²) in [4.78, 5) is 26.2. The summed E-state index contributed by atoms with van der Waals surface area (Å²) < 4.78 is 5.38. The Morgan fingerprint density at radius 1 is 1.21 bits per heavy atom. The number of ether oxygens (including phenoxy) is 1. The summed E-state index contributed by atoms with van der Waals surface area (Å²) in [6.45, 7) is 4.04. The van der Waals surface area contributed by atoms with Crippen molar-refractivity contribution in [3.05, 3.63) is 50.7 Å². The summed E-state index contributed by atoms with van der Waals surface area (Å²) in [7, 11) is 1.57. The molecule has 128 valence electrons. The van der Waals surface area contributed by atoms with E-state index in [4.69, 9.17) is 16.3 Å². The van der Waals surface area contributed by atoms with Crippen molar-refractivity contribution in [2.75, 3.05) is 19.0 Å². The van der Waals surface area contributed by atoms with E-state index in [-0.39, 0.29) is 12.6 Å². The standard InChI is InChI=1S/C17H19ClN2O3S/c1-10-4-6-12(18)8-13(10)20-17(22)16(21)19-9-14(23-3)15-7-5-11(2)24-15/h4-8,14H,9H2,1-3H3,(H,19,21)(H,20,22). The Kier molecular flexibility index (Phi) is 6.36. The molecule has 2 aromatic rings. The number of rotatable bonds is 5. The van der Waals surface area contributed by atoms with E-state index in [0.717, 1.165) is 15.3 Å². The molecule has 2 amide bonds. The first-order valence-corrected chi connectivity index (χ1v) is 8.54. The van der Waals surface area contributed by atoms with Gasteiger partial charge in [-0.2, -0.15) is 0 Å². The van der Waals surface area contributed by atoms with Crippen molar-refractivity contribution in [3.8, 4) is 0 Å². The normalized spacial score (nSPS) is 11.8. The van der Waals surface area contributed by atoms with Crippen LogP contribution in [0.25, 0.3) is 0 Å². The average Bonchev–Trinajstić information content (AvgIpc) is 2.97. The number of nitrogens with one attached hydrogen (secondary N) is 2. The number of methoxy groups -OCH3 is 1. The number of aryl methyl sites for hydroxylation is 2. The predicted octanol–water partition coefficient (Wildman–Crippen LogP) is 3.46. The maximum absolute atomic E-state index is 12.0. The van der Waals surface area contributed by atoms with Gasteiger partial charge in [0.05, 0.1) is 0 Å². The van der Waals surface area contributed by atoms with Crippen molar-refractivity contribution in [1.82, 2.24) is 5.32 Å². The lowest BCUT2D eigenvalue weighted by Crippen LogP contribution is -2.38. The summed E-state index contributed by atoms with van der Waals surface area (Å²) in [5.41, 5.74) is 1.34. The predicted molar refractivity (Wildman–Crippen MR) is 96.6 cm³/mol. The first-order chi connectivity index (χ1) is 11.4. The van der Waals surface area contributed by atoms with Gasteiger partial charge in [-0.15, -0.1) is 11.3 Å². The number of carbonyl (C=O) groups excluding carboxylic acids is 2. The fraction of sp³-hybridized carbons (Fsp3) is 0.294. The quantitative estimate of drug-likeness (QED) is 0.796. The average molecular weight is 367 g/mol. The molecule has 0 aliphatic rings. The summed E-state index contributed by atoms with van der Waals surface area (Å²) in [5.74, 6) is -1.46. The molecule has 0 aliphatic carbocycles. The van der Waals surface area contributed by atoms with Gasteiger partial charge in [0.2, 0.25) is 0 Å². The van der Waals surface area contributed by atoms with Gasteiger partial charge in [0.15, 0.2) is 0 Å². The highest BCUT2D eigenvalue weighted by Gasteiger charge is 2.18. The Morgan fingerprint density at radius 3 is 2.58 bits per heavy atom. The van der Waals surface area contributed by atoms with Crippen molar-refractivity contribution in [2.24, 2.45) is 0 Å². The Morgan fingerprint density at radius 2 is 1.96 bits per heavy atom. The third-order valence-corrected chi connectivity index (χ3v) is 4.79. The molecule has 1 aromatic carbocycles. The van der Waals surface area contributed by atoms with Crippen molar-refractivity contribution in [2.45, 2.75) is 20.0 Å². The second-order valence-corrected chi connectivity index (χ2v) is 7.05. The van der Waals surface area contributed by atoms with Crippen LogP contribution in [0.4, 0.5) is 5.69 Å². The molecule has 0 bridgehead atoms. The fourth-order valence-corrected chi connectivity index (χ4v) is 3.23. The summed E-state index contributed by atoms with van der Waals surface area (Å²) in [6.07, 6.45) is -0.284. The van der Waals surface area contributed by atoms with Gasteiger partial charge in [-0.25, -0.2) is 0 Å². The van der Waals surface area contributed by atoms with Crippen LogP contribution in [0.2, 0.25) is 5.02 Å². The van der Waals surface area contributed by atoms with Crippen molar-refractivity contribution < 1.29 is 14.3 Å². The van der Waals surface area contributed by atoms with Gasteiger partial charge in [0, 0.05) is 34.1 Å². The zero-order valence-corrected chi connectivity index (χ0v) is 15.3. The van der Waals surface area contributed by atoms with E-state index < -0.39 is 11.8 Å². The second kappa shape index (κ2) is 8.28. The number of hydrogen-bond donors (Lipinski definition) is 2. The molecule has 0 saturated heterocycles. The lowest BCUT2D eigenvalue weighted by atomic mass is 10.2. The number of carbonyl (C=O) groups is 2. The lowest BCUT2D eigenvalue weighted by Gasteiger charge is -2.15. The number of hydrogen-bond acceptors (Lipinski definition) is 4. The van der Waals surface area contributed by atoms with Crippen LogP contribution in [0.5, 0.6) is 0 Å². The molecule has 0 aliphatic heterocycles. The topological polar surface area (TPSA) is 67.4 Å². The molecule has 1 aromatic heterocycles. The maximum atomic E-state index is 12.0. The summed E-state index contributed by atoms with van der Waals surface area (Å²) >= 11 is 7.50. The SMILES string of the molecule is COC(CNC(=O)C(=O)Nc1cc(Cl)ccc1C)c1ccc(C)s1. The van der Waals surface area contributed by atoms with Crippen molar-refractivity contribution in [1.29, 1.82) is 0 Å². The highest BCUT2D eigenvalue weighted by molar-refractivity contribution is 7.12. The molecule has 0 spiro atoms. The van der Waals surface area contributed by atoms with E-state index in [1.165, 1.54) is 0 Å². The third kappa shape index (κ3) is 4.80. The Labute approximate surface area is 150 Å². The van der Waals surface area contributed by atoms with Gasteiger partial charge >= 0.3 is 11.8 Å². The van der Waals surface area contributed by atoms with Gasteiger partial charge in [-0.1, -0.05) is 17.7 Å². The van der Waals surface area contributed by atoms with E-state index in [0.29, 0.717) is 10.7 Å². The van der Waals surface area contributed by atoms with Gasteiger partial charge in [0.1, 0.15) is 6.10 Å². The zero-order valence-electron chi connectivity index (χ0n) is 13.7. The molecule has 2 N–H and O–H groups in total. The molecular formula is C17H19ClN2O3S. The van der Waals surface area contributed by atoms with Crippen LogP contribution in [-0.2, 0) is 14.3 Å². The van der Waals surface area contributed by atoms with Crippen molar-refractivity contribution in [3.63, 3.8) is 0 Å². The van der Waals surface area contributed by atoms with E-state index in [9.17, 15) is 9.59 Å². The van der Waals surface area contributed by atoms with E-state index in [1.54, 1.807) is 36.6 Å². The minimum absolute atomic E-state index is 0.219. The molecular weight excluding hydrogens is 348 g/mol. The number of halogens is 1. The largest absolute Gasteiger partial charge is 0.374 e. The number of amides is 2. The van der Waals surface area contributed by atoms with E-state index in [2.05, 4.69) is 10.6 Å². The zero-order chi connectivity index (χ0) is 17.7. The first kappa shape index (κ1) is 18.4. The monoisotopic (exact) mass is 366 g/mol. The molecule has 5 nitrogen and oxygen atoms in total. The maximum Gasteiger partial charge on any atom is 0.313 e. The molecule has 1 atom stereocenters. The second-order valence-electron chi connectivity index (χ2n) is 5.30. The molecule has 0 saturated carbocycles. The summed E-state index contributed by atoms with van der Waals surface area (Å²) in [6, 6.07) is 9.04. The van der Waals surface area contributed by atoms with E-state index in [1.807, 2.05) is 26.0 Å². The molecule has 7 heteroatoms. The number of benzene rings is 1. The van der Waals surface area contributed by atoms with Crippen LogP contribution in [-0.4, -0.2) is 25.5 Å². The highest BCUT2D eigenvalue weighted by Crippen LogP contribution is 2.24. The Balaban J connectivity index is 1.93. The van der Waals surface area contributed by atoms with Crippen LogP contribution in [0.1, 0.15) is 21.4 Å². The molecule has 24 heavy (non-hydrogen) atoms. The molecule has 0 fully saturated rings. The minimum atomic E-state index is -0.738. The van der Waals surface area contributed by atoms with Gasteiger partial charge < -0.3 is 15.4 Å². The summed E-state index contributed by atoms with van der Waals surface area (Å²) in [5, 5.41) is 5.65. The van der Waals surface area contributed by atoms with E-state index >= 15 is 0 Å².